The second-order valence-corrected chi connectivity index (χ2v) is 7.35. The quantitative estimate of drug-likeness (QED) is 0.829. The van der Waals surface area contributed by atoms with Gasteiger partial charge >= 0.3 is 6.09 Å². The third-order valence-corrected chi connectivity index (χ3v) is 5.99. The van der Waals surface area contributed by atoms with E-state index in [4.69, 9.17) is 4.74 Å². The molecule has 1 aliphatic heterocycles. The number of hydrogen-bond acceptors (Lipinski definition) is 5. The normalized spacial score (nSPS) is 16.3. The molecule has 0 bridgehead atoms. The van der Waals surface area contributed by atoms with E-state index < -0.39 is 16.1 Å². The summed E-state index contributed by atoms with van der Waals surface area (Å²) in [7, 11) is -0.903. The fraction of sp³-hybridized carbons (Fsp3) is 0.533. The molecular formula is C15H22N2O5S. The highest BCUT2D eigenvalue weighted by Crippen LogP contribution is 2.30. The zero-order chi connectivity index (χ0) is 17.2. The Morgan fingerprint density at radius 1 is 1.04 bits per heavy atom. The number of rotatable bonds is 3. The fourth-order valence-corrected chi connectivity index (χ4v) is 4.15. The number of ether oxygens (including phenoxy) is 2. The van der Waals surface area contributed by atoms with Gasteiger partial charge in [-0.1, -0.05) is 0 Å². The summed E-state index contributed by atoms with van der Waals surface area (Å²) < 4.78 is 37.1. The molecule has 2 rings (SSSR count). The number of benzene rings is 1. The molecule has 1 heterocycles. The average molecular weight is 342 g/mol. The number of methoxy groups -OCH3 is 2. The van der Waals surface area contributed by atoms with Crippen LogP contribution >= 0.6 is 0 Å². The zero-order valence-electron chi connectivity index (χ0n) is 13.8. The molecule has 0 saturated carbocycles. The molecule has 0 spiro atoms. The highest BCUT2D eigenvalue weighted by Gasteiger charge is 2.32. The lowest BCUT2D eigenvalue weighted by Crippen LogP contribution is -2.50. The van der Waals surface area contributed by atoms with Gasteiger partial charge in [-0.2, -0.15) is 4.31 Å². The summed E-state index contributed by atoms with van der Waals surface area (Å²) in [6.07, 6.45) is -0.439. The molecule has 0 unspecified atom stereocenters. The van der Waals surface area contributed by atoms with Gasteiger partial charge in [0.15, 0.2) is 0 Å². The van der Waals surface area contributed by atoms with Crippen LogP contribution in [0.25, 0.3) is 0 Å². The van der Waals surface area contributed by atoms with Gasteiger partial charge < -0.3 is 14.4 Å². The molecule has 1 fully saturated rings. The Hall–Kier alpha value is -1.80. The number of amides is 1. The van der Waals surface area contributed by atoms with E-state index in [0.29, 0.717) is 18.8 Å². The topological polar surface area (TPSA) is 76.2 Å². The summed E-state index contributed by atoms with van der Waals surface area (Å²) >= 11 is 0. The highest BCUT2D eigenvalue weighted by molar-refractivity contribution is 7.89. The van der Waals surface area contributed by atoms with Crippen molar-refractivity contribution < 1.29 is 22.7 Å². The van der Waals surface area contributed by atoms with Crippen LogP contribution in [0.1, 0.15) is 11.1 Å². The van der Waals surface area contributed by atoms with Gasteiger partial charge in [0, 0.05) is 26.2 Å². The first-order valence-corrected chi connectivity index (χ1v) is 8.73. The number of piperazine rings is 1. The van der Waals surface area contributed by atoms with Gasteiger partial charge in [0.1, 0.15) is 10.6 Å². The van der Waals surface area contributed by atoms with Crippen LogP contribution in [0.4, 0.5) is 4.79 Å². The largest absolute Gasteiger partial charge is 0.495 e. The van der Waals surface area contributed by atoms with Crippen molar-refractivity contribution in [3.63, 3.8) is 0 Å². The summed E-state index contributed by atoms with van der Waals surface area (Å²) in [6, 6.07) is 3.36. The Morgan fingerprint density at radius 3 is 2.13 bits per heavy atom. The maximum Gasteiger partial charge on any atom is 0.409 e. The molecular weight excluding hydrogens is 320 g/mol. The van der Waals surface area contributed by atoms with Gasteiger partial charge in [-0.3, -0.25) is 0 Å². The number of aryl methyl sites for hydroxylation is 2. The van der Waals surface area contributed by atoms with E-state index in [-0.39, 0.29) is 18.0 Å². The summed E-state index contributed by atoms with van der Waals surface area (Å²) in [5.74, 6) is 0.337. The third-order valence-electron chi connectivity index (χ3n) is 4.07. The first-order valence-electron chi connectivity index (χ1n) is 7.29. The van der Waals surface area contributed by atoms with Crippen molar-refractivity contribution in [2.45, 2.75) is 18.7 Å². The molecule has 1 saturated heterocycles. The maximum absolute atomic E-state index is 12.9. The van der Waals surface area contributed by atoms with E-state index in [0.717, 1.165) is 11.1 Å². The Labute approximate surface area is 136 Å². The van der Waals surface area contributed by atoms with Gasteiger partial charge in [-0.15, -0.1) is 0 Å². The Balaban J connectivity index is 2.27. The zero-order valence-corrected chi connectivity index (χ0v) is 14.6. The van der Waals surface area contributed by atoms with Gasteiger partial charge in [0.25, 0.3) is 0 Å². The molecule has 1 aromatic carbocycles. The van der Waals surface area contributed by atoms with Crippen LogP contribution in [-0.2, 0) is 14.8 Å². The number of carbonyl (C=O) groups excluding carboxylic acids is 1. The van der Waals surface area contributed by atoms with E-state index in [2.05, 4.69) is 4.74 Å². The summed E-state index contributed by atoms with van der Waals surface area (Å²) in [5, 5.41) is 0. The van der Waals surface area contributed by atoms with E-state index >= 15 is 0 Å². The van der Waals surface area contributed by atoms with Crippen molar-refractivity contribution in [3.05, 3.63) is 23.3 Å². The van der Waals surface area contributed by atoms with Crippen molar-refractivity contribution in [2.24, 2.45) is 0 Å². The second kappa shape index (κ2) is 6.76. The SMILES string of the molecule is COC(=O)N1CCN(S(=O)(=O)c2cc(C)c(C)cc2OC)CC1. The number of carbonyl (C=O) groups is 1. The van der Waals surface area contributed by atoms with Crippen LogP contribution in [0.15, 0.2) is 17.0 Å². The van der Waals surface area contributed by atoms with Gasteiger partial charge in [-0.25, -0.2) is 13.2 Å². The van der Waals surface area contributed by atoms with Crippen LogP contribution in [0.3, 0.4) is 0 Å². The van der Waals surface area contributed by atoms with Crippen molar-refractivity contribution >= 4 is 16.1 Å². The predicted molar refractivity (Wildman–Crippen MR) is 85.2 cm³/mol. The minimum atomic E-state index is -3.67. The number of hydrogen-bond donors (Lipinski definition) is 0. The molecule has 1 amide bonds. The van der Waals surface area contributed by atoms with Crippen LogP contribution in [0, 0.1) is 13.8 Å². The Kier molecular flexibility index (Phi) is 5.16. The first-order chi connectivity index (χ1) is 10.8. The summed E-state index contributed by atoms with van der Waals surface area (Å²) in [4.78, 5) is 13.1. The van der Waals surface area contributed by atoms with Crippen LogP contribution in [-0.4, -0.2) is 64.1 Å². The van der Waals surface area contributed by atoms with E-state index in [1.807, 2.05) is 13.8 Å². The molecule has 0 atom stereocenters. The molecule has 0 N–H and O–H groups in total. The molecule has 1 aromatic rings. The average Bonchev–Trinajstić information content (AvgIpc) is 2.56. The van der Waals surface area contributed by atoms with Crippen molar-refractivity contribution in [3.8, 4) is 5.75 Å². The lowest BCUT2D eigenvalue weighted by atomic mass is 10.1. The second-order valence-electron chi connectivity index (χ2n) is 5.45. The van der Waals surface area contributed by atoms with Gasteiger partial charge in [-0.05, 0) is 37.1 Å². The highest BCUT2D eigenvalue weighted by atomic mass is 32.2. The fourth-order valence-electron chi connectivity index (χ4n) is 2.50. The maximum atomic E-state index is 12.9. The Bertz CT molecular complexity index is 694. The molecule has 128 valence electrons. The van der Waals surface area contributed by atoms with Gasteiger partial charge in [0.05, 0.1) is 14.2 Å². The number of nitrogens with zero attached hydrogens (tertiary/aromatic N) is 2. The predicted octanol–water partition coefficient (Wildman–Crippen LogP) is 1.38. The Morgan fingerprint density at radius 2 is 1.61 bits per heavy atom. The van der Waals surface area contributed by atoms with Gasteiger partial charge in [0.2, 0.25) is 10.0 Å². The lowest BCUT2D eigenvalue weighted by molar-refractivity contribution is 0.108. The van der Waals surface area contributed by atoms with E-state index in [1.54, 1.807) is 12.1 Å². The van der Waals surface area contributed by atoms with Crippen molar-refractivity contribution in [2.75, 3.05) is 40.4 Å². The molecule has 23 heavy (non-hydrogen) atoms. The van der Waals surface area contributed by atoms with E-state index in [9.17, 15) is 13.2 Å². The van der Waals surface area contributed by atoms with Crippen molar-refractivity contribution in [1.29, 1.82) is 0 Å². The molecule has 0 aliphatic carbocycles. The molecule has 1 aliphatic rings. The van der Waals surface area contributed by atoms with Crippen LogP contribution in [0.2, 0.25) is 0 Å². The standard InChI is InChI=1S/C15H22N2O5S/c1-11-9-13(21-3)14(10-12(11)2)23(19,20)17-7-5-16(6-8-17)15(18)22-4/h9-10H,5-8H2,1-4H3. The molecule has 7 nitrogen and oxygen atoms in total. The van der Waals surface area contributed by atoms with Crippen LogP contribution < -0.4 is 4.74 Å². The van der Waals surface area contributed by atoms with E-state index in [1.165, 1.54) is 23.4 Å². The molecule has 8 heteroatoms. The summed E-state index contributed by atoms with van der Waals surface area (Å²) in [6.45, 7) is 4.84. The third kappa shape index (κ3) is 3.42. The van der Waals surface area contributed by atoms with Crippen molar-refractivity contribution in [1.82, 2.24) is 9.21 Å². The monoisotopic (exact) mass is 342 g/mol. The van der Waals surface area contributed by atoms with Crippen LogP contribution in [0.5, 0.6) is 5.75 Å². The smallest absolute Gasteiger partial charge is 0.409 e. The molecule has 0 radical (unpaired) electrons. The minimum absolute atomic E-state index is 0.162. The number of sulfonamides is 1. The first kappa shape index (κ1) is 17.6. The lowest BCUT2D eigenvalue weighted by Gasteiger charge is -2.33. The molecule has 0 aromatic heterocycles. The summed E-state index contributed by atoms with van der Waals surface area (Å²) in [5.41, 5.74) is 1.86. The minimum Gasteiger partial charge on any atom is -0.495 e.